The van der Waals surface area contributed by atoms with E-state index in [1.807, 2.05) is 48.2 Å². The summed E-state index contributed by atoms with van der Waals surface area (Å²) in [5, 5.41) is 3.18. The van der Waals surface area contributed by atoms with Gasteiger partial charge in [0.15, 0.2) is 9.84 Å². The van der Waals surface area contributed by atoms with Gasteiger partial charge in [-0.1, -0.05) is 30.3 Å². The molecule has 1 aromatic heterocycles. The summed E-state index contributed by atoms with van der Waals surface area (Å²) < 4.78 is 29.4. The molecule has 0 saturated heterocycles. The highest BCUT2D eigenvalue weighted by molar-refractivity contribution is 7.90. The van der Waals surface area contributed by atoms with Crippen molar-refractivity contribution in [1.82, 2.24) is 4.98 Å². The lowest BCUT2D eigenvalue weighted by Crippen LogP contribution is -2.50. The smallest absolute Gasteiger partial charge is 0.249 e. The van der Waals surface area contributed by atoms with Crippen molar-refractivity contribution in [3.05, 3.63) is 66.4 Å². The van der Waals surface area contributed by atoms with Crippen LogP contribution in [-0.4, -0.2) is 45.8 Å². The van der Waals surface area contributed by atoms with Crippen LogP contribution in [0.25, 0.3) is 0 Å². The summed E-state index contributed by atoms with van der Waals surface area (Å²) in [5.41, 5.74) is 3.12. The fourth-order valence-electron chi connectivity index (χ4n) is 3.89. The zero-order chi connectivity index (χ0) is 23.8. The highest BCUT2D eigenvalue weighted by Crippen LogP contribution is 2.38. The number of hydrogen-bond donors (Lipinski definition) is 1. The van der Waals surface area contributed by atoms with Gasteiger partial charge in [0.2, 0.25) is 5.91 Å². The third-order valence-corrected chi connectivity index (χ3v) is 6.86. The van der Waals surface area contributed by atoms with Crippen molar-refractivity contribution in [1.29, 1.82) is 0 Å². The van der Waals surface area contributed by atoms with E-state index in [1.54, 1.807) is 24.2 Å². The predicted molar refractivity (Wildman–Crippen MR) is 129 cm³/mol. The number of hydrogen-bond acceptors (Lipinski definition) is 7. The Morgan fingerprint density at radius 2 is 1.82 bits per heavy atom. The Labute approximate surface area is 193 Å². The van der Waals surface area contributed by atoms with Gasteiger partial charge < -0.3 is 19.9 Å². The van der Waals surface area contributed by atoms with Crippen LogP contribution in [0, 0.1) is 0 Å². The van der Waals surface area contributed by atoms with Crippen LogP contribution in [0.3, 0.4) is 0 Å². The second-order valence-corrected chi connectivity index (χ2v) is 10.0. The lowest BCUT2D eigenvalue weighted by molar-refractivity contribution is -0.119. The molecule has 1 aliphatic rings. The average Bonchev–Trinajstić information content (AvgIpc) is 2.80. The van der Waals surface area contributed by atoms with E-state index in [0.717, 1.165) is 17.5 Å². The van der Waals surface area contributed by atoms with E-state index in [4.69, 9.17) is 4.74 Å². The van der Waals surface area contributed by atoms with Crippen molar-refractivity contribution in [2.75, 3.05) is 35.5 Å². The number of rotatable bonds is 6. The Balaban J connectivity index is 1.74. The van der Waals surface area contributed by atoms with Gasteiger partial charge in [0.25, 0.3) is 0 Å². The zero-order valence-corrected chi connectivity index (χ0v) is 19.8. The molecule has 2 heterocycles. The van der Waals surface area contributed by atoms with Crippen LogP contribution in [0.5, 0.6) is 5.75 Å². The van der Waals surface area contributed by atoms with Gasteiger partial charge in [-0.25, -0.2) is 13.4 Å². The van der Waals surface area contributed by atoms with E-state index < -0.39 is 9.84 Å². The first-order valence-electron chi connectivity index (χ1n) is 10.4. The van der Waals surface area contributed by atoms with Gasteiger partial charge in [0.05, 0.1) is 35.3 Å². The number of anilines is 4. The molecular formula is C24H26N4O4S. The maximum absolute atomic E-state index is 12.8. The minimum absolute atomic E-state index is 0.0107. The summed E-state index contributed by atoms with van der Waals surface area (Å²) in [4.78, 5) is 21.2. The molecule has 0 aliphatic carbocycles. The first kappa shape index (κ1) is 22.6. The lowest BCUT2D eigenvalue weighted by atomic mass is 10.1. The summed E-state index contributed by atoms with van der Waals surface area (Å²) in [6.45, 7) is 2.45. The number of amides is 1. The third kappa shape index (κ3) is 4.49. The molecular weight excluding hydrogens is 440 g/mol. The molecule has 172 valence electrons. The fourth-order valence-corrected chi connectivity index (χ4v) is 4.54. The molecule has 0 bridgehead atoms. The van der Waals surface area contributed by atoms with Crippen LogP contribution in [-0.2, 0) is 21.2 Å². The Morgan fingerprint density at radius 3 is 2.48 bits per heavy atom. The molecule has 0 saturated carbocycles. The topological polar surface area (TPSA) is 91.8 Å². The normalized spacial score (nSPS) is 15.9. The van der Waals surface area contributed by atoms with Crippen LogP contribution in [0.2, 0.25) is 0 Å². The molecule has 1 N–H and O–H groups in total. The highest BCUT2D eigenvalue weighted by atomic mass is 32.2. The largest absolute Gasteiger partial charge is 0.495 e. The summed E-state index contributed by atoms with van der Waals surface area (Å²) in [6.07, 6.45) is 2.80. The molecule has 9 heteroatoms. The van der Waals surface area contributed by atoms with Gasteiger partial charge in [0, 0.05) is 25.9 Å². The number of likely N-dealkylation sites (N-methyl/N-ethyl adjacent to an activating group) is 1. The molecule has 2 aromatic carbocycles. The van der Waals surface area contributed by atoms with Crippen LogP contribution in [0.4, 0.5) is 22.9 Å². The Bertz CT molecular complexity index is 1300. The first-order valence-corrected chi connectivity index (χ1v) is 12.3. The SMILES string of the molecule is COc1ccc(S(C)(=O)=O)cc1Nc1cc2c(cn1)N(C)C(=O)[C@@H](C)N2Cc1ccccc1. The van der Waals surface area contributed by atoms with Crippen molar-refractivity contribution in [2.24, 2.45) is 0 Å². The zero-order valence-electron chi connectivity index (χ0n) is 18.9. The standard InChI is InChI=1S/C24H26N4O4S/c1-16-24(29)27(2)21-14-25-23(13-20(21)28(16)15-17-8-6-5-7-9-17)26-19-12-18(33(4,30)31)10-11-22(19)32-3/h5-14,16H,15H2,1-4H3,(H,25,26)/t16-/m1/s1. The minimum atomic E-state index is -3.39. The molecule has 1 amide bonds. The predicted octanol–water partition coefficient (Wildman–Crippen LogP) is 3.61. The molecule has 4 rings (SSSR count). The van der Waals surface area contributed by atoms with Crippen LogP contribution in [0.1, 0.15) is 12.5 Å². The number of ether oxygens (including phenoxy) is 1. The van der Waals surface area contributed by atoms with Gasteiger partial charge in [-0.05, 0) is 30.7 Å². The third-order valence-electron chi connectivity index (χ3n) is 5.75. The molecule has 3 aromatic rings. The molecule has 33 heavy (non-hydrogen) atoms. The summed E-state index contributed by atoms with van der Waals surface area (Å²) in [7, 11) is -0.130. The van der Waals surface area contributed by atoms with Crippen LogP contribution >= 0.6 is 0 Å². The second kappa shape index (κ2) is 8.74. The number of fused-ring (bicyclic) bond motifs is 1. The Morgan fingerprint density at radius 1 is 1.09 bits per heavy atom. The molecule has 1 aliphatic heterocycles. The van der Waals surface area contributed by atoms with Crippen LogP contribution < -0.4 is 19.9 Å². The van der Waals surface area contributed by atoms with E-state index in [0.29, 0.717) is 29.5 Å². The molecule has 0 fully saturated rings. The van der Waals surface area contributed by atoms with Crippen molar-refractivity contribution >= 4 is 38.6 Å². The van der Waals surface area contributed by atoms with E-state index in [1.165, 1.54) is 19.2 Å². The second-order valence-electron chi connectivity index (χ2n) is 8.00. The lowest BCUT2D eigenvalue weighted by Gasteiger charge is -2.40. The molecule has 0 radical (unpaired) electrons. The van der Waals surface area contributed by atoms with Crippen molar-refractivity contribution in [3.63, 3.8) is 0 Å². The van der Waals surface area contributed by atoms with Crippen molar-refractivity contribution in [2.45, 2.75) is 24.4 Å². The average molecular weight is 467 g/mol. The van der Waals surface area contributed by atoms with Gasteiger partial charge in [-0.3, -0.25) is 4.79 Å². The molecule has 8 nitrogen and oxygen atoms in total. The summed E-state index contributed by atoms with van der Waals surface area (Å²) >= 11 is 0. The monoisotopic (exact) mass is 466 g/mol. The van der Waals surface area contributed by atoms with E-state index in [9.17, 15) is 13.2 Å². The number of aromatic nitrogens is 1. The van der Waals surface area contributed by atoms with Crippen molar-refractivity contribution in [3.8, 4) is 5.75 Å². The Hall–Kier alpha value is -3.59. The number of nitrogens with zero attached hydrogens (tertiary/aromatic N) is 3. The van der Waals surface area contributed by atoms with E-state index in [2.05, 4.69) is 10.3 Å². The maximum Gasteiger partial charge on any atom is 0.249 e. The fraction of sp³-hybridized carbons (Fsp3) is 0.250. The summed E-state index contributed by atoms with van der Waals surface area (Å²) in [5.74, 6) is 0.984. The minimum Gasteiger partial charge on any atom is -0.495 e. The van der Waals surface area contributed by atoms with Gasteiger partial charge in [0.1, 0.15) is 17.6 Å². The number of pyridine rings is 1. The molecule has 0 spiro atoms. The maximum atomic E-state index is 12.8. The number of carbonyl (C=O) groups is 1. The number of nitrogens with one attached hydrogen (secondary N) is 1. The number of sulfone groups is 1. The first-order chi connectivity index (χ1) is 15.7. The van der Waals surface area contributed by atoms with E-state index >= 15 is 0 Å². The number of methoxy groups -OCH3 is 1. The van der Waals surface area contributed by atoms with Gasteiger partial charge >= 0.3 is 0 Å². The van der Waals surface area contributed by atoms with E-state index in [-0.39, 0.29) is 16.8 Å². The van der Waals surface area contributed by atoms with Crippen molar-refractivity contribution < 1.29 is 17.9 Å². The summed E-state index contributed by atoms with van der Waals surface area (Å²) in [6, 6.07) is 16.1. The quantitative estimate of drug-likeness (QED) is 0.593. The van der Waals surface area contributed by atoms with Gasteiger partial charge in [-0.15, -0.1) is 0 Å². The van der Waals surface area contributed by atoms with Crippen LogP contribution in [0.15, 0.2) is 65.7 Å². The Kier molecular flexibility index (Phi) is 5.99. The van der Waals surface area contributed by atoms with Gasteiger partial charge in [-0.2, -0.15) is 0 Å². The number of benzene rings is 2. The molecule has 1 atom stereocenters. The highest BCUT2D eigenvalue weighted by Gasteiger charge is 2.34. The number of carbonyl (C=O) groups excluding carboxylic acids is 1. The molecule has 0 unspecified atom stereocenters.